The second kappa shape index (κ2) is 9.85. The molecule has 1 atom stereocenters. The maximum Gasteiger partial charge on any atom is 0.416 e. The molecule has 1 heterocycles. The topological polar surface area (TPSA) is 98.7 Å². The van der Waals surface area contributed by atoms with E-state index in [1.807, 2.05) is 6.07 Å². The van der Waals surface area contributed by atoms with Crippen molar-refractivity contribution >= 4 is 29.3 Å². The summed E-state index contributed by atoms with van der Waals surface area (Å²) in [5.41, 5.74) is 0.881. The van der Waals surface area contributed by atoms with Crippen LogP contribution in [0, 0.1) is 5.92 Å². The Hall–Kier alpha value is -4.34. The minimum atomic E-state index is -4.52. The molecule has 3 N–H and O–H groups in total. The number of carbonyl (C=O) groups excluding carboxylic acids is 2. The lowest BCUT2D eigenvalue weighted by Gasteiger charge is -2.38. The van der Waals surface area contributed by atoms with Gasteiger partial charge in [-0.15, -0.1) is 0 Å². The Balaban J connectivity index is 1.47. The molecular weight excluding hydrogens is 499 g/mol. The summed E-state index contributed by atoms with van der Waals surface area (Å²) in [6, 6.07) is 15.7. The molecule has 0 aliphatic carbocycles. The standard InChI is InChI=1S/C28H26F3N3O4/c1-16(2)27(3,25(36)37)34-15-19-8-7-18(13-23(19)24(34)35)17-9-11-21(12-10-17)32-26(38)33-22-6-4-5-20(14-22)28(29,30)31/h4-14,16H,15H2,1-3H3,(H,36,37)(H2,32,33,38)/t27-/m1/s1. The summed E-state index contributed by atoms with van der Waals surface area (Å²) < 4.78 is 38.7. The number of carboxylic acids is 1. The number of halogens is 3. The number of alkyl halides is 3. The van der Waals surface area contributed by atoms with Gasteiger partial charge in [-0.1, -0.05) is 44.2 Å². The van der Waals surface area contributed by atoms with Crippen LogP contribution >= 0.6 is 0 Å². The highest BCUT2D eigenvalue weighted by Gasteiger charge is 2.48. The van der Waals surface area contributed by atoms with Gasteiger partial charge in [0.15, 0.2) is 0 Å². The second-order valence-corrected chi connectivity index (χ2v) is 9.61. The number of nitrogens with one attached hydrogen (secondary N) is 2. The molecule has 198 valence electrons. The first-order chi connectivity index (χ1) is 17.8. The molecule has 4 rings (SSSR count). The normalized spacial score (nSPS) is 14.7. The van der Waals surface area contributed by atoms with E-state index in [0.717, 1.165) is 28.8 Å². The van der Waals surface area contributed by atoms with Crippen LogP contribution in [0.5, 0.6) is 0 Å². The van der Waals surface area contributed by atoms with Crippen molar-refractivity contribution in [2.45, 2.75) is 39.0 Å². The van der Waals surface area contributed by atoms with Crippen LogP contribution in [0.15, 0.2) is 66.7 Å². The first-order valence-corrected chi connectivity index (χ1v) is 11.8. The molecule has 7 nitrogen and oxygen atoms in total. The Labute approximate surface area is 217 Å². The Bertz CT molecular complexity index is 1400. The van der Waals surface area contributed by atoms with Gasteiger partial charge in [-0.05, 0) is 65.9 Å². The van der Waals surface area contributed by atoms with E-state index in [-0.39, 0.29) is 24.1 Å². The van der Waals surface area contributed by atoms with Gasteiger partial charge in [0.1, 0.15) is 5.54 Å². The number of nitrogens with zero attached hydrogens (tertiary/aromatic N) is 1. The molecule has 0 saturated carbocycles. The monoisotopic (exact) mass is 525 g/mol. The van der Waals surface area contributed by atoms with E-state index >= 15 is 0 Å². The highest BCUT2D eigenvalue weighted by Crippen LogP contribution is 2.36. The van der Waals surface area contributed by atoms with Crippen molar-refractivity contribution in [3.8, 4) is 11.1 Å². The van der Waals surface area contributed by atoms with Crippen LogP contribution in [0.2, 0.25) is 0 Å². The molecule has 10 heteroatoms. The number of aliphatic carboxylic acids is 1. The molecular formula is C28H26F3N3O4. The lowest BCUT2D eigenvalue weighted by molar-refractivity contribution is -0.151. The molecule has 1 aliphatic heterocycles. The van der Waals surface area contributed by atoms with Crippen molar-refractivity contribution in [3.05, 3.63) is 83.4 Å². The third-order valence-corrected chi connectivity index (χ3v) is 6.96. The average molecular weight is 526 g/mol. The molecule has 0 spiro atoms. The quantitative estimate of drug-likeness (QED) is 0.343. The van der Waals surface area contributed by atoms with Crippen LogP contribution in [0.3, 0.4) is 0 Å². The molecule has 0 fully saturated rings. The Morgan fingerprint density at radius 3 is 2.16 bits per heavy atom. The van der Waals surface area contributed by atoms with Crippen LogP contribution in [-0.4, -0.2) is 33.5 Å². The van der Waals surface area contributed by atoms with Gasteiger partial charge in [-0.2, -0.15) is 13.2 Å². The van der Waals surface area contributed by atoms with Crippen LogP contribution in [0.25, 0.3) is 11.1 Å². The zero-order chi connectivity index (χ0) is 27.8. The van der Waals surface area contributed by atoms with Crippen LogP contribution in [0.1, 0.15) is 42.3 Å². The van der Waals surface area contributed by atoms with Crippen LogP contribution in [0.4, 0.5) is 29.3 Å². The number of carbonyl (C=O) groups is 3. The maximum atomic E-state index is 13.2. The molecule has 0 saturated heterocycles. The minimum Gasteiger partial charge on any atom is -0.479 e. The summed E-state index contributed by atoms with van der Waals surface area (Å²) >= 11 is 0. The van der Waals surface area contributed by atoms with E-state index in [2.05, 4.69) is 10.6 Å². The summed E-state index contributed by atoms with van der Waals surface area (Å²) in [5.74, 6) is -1.71. The summed E-state index contributed by atoms with van der Waals surface area (Å²) in [5, 5.41) is 14.8. The zero-order valence-electron chi connectivity index (χ0n) is 20.9. The average Bonchev–Trinajstić information content (AvgIpc) is 3.19. The SMILES string of the molecule is CC(C)[C@](C)(C(=O)O)N1Cc2ccc(-c3ccc(NC(=O)Nc4cccc(C(F)(F)F)c4)cc3)cc2C1=O. The zero-order valence-corrected chi connectivity index (χ0v) is 20.9. The lowest BCUT2D eigenvalue weighted by atomic mass is 9.86. The van der Waals surface area contributed by atoms with Crippen molar-refractivity contribution in [1.29, 1.82) is 0 Å². The van der Waals surface area contributed by atoms with Crippen LogP contribution < -0.4 is 10.6 Å². The molecule has 0 bridgehead atoms. The van der Waals surface area contributed by atoms with E-state index < -0.39 is 29.3 Å². The molecule has 3 aromatic carbocycles. The minimum absolute atomic E-state index is 0.00209. The molecule has 1 aliphatic rings. The highest BCUT2D eigenvalue weighted by molar-refractivity contribution is 6.02. The number of anilines is 2. The largest absolute Gasteiger partial charge is 0.479 e. The van der Waals surface area contributed by atoms with E-state index in [1.54, 1.807) is 57.2 Å². The smallest absolute Gasteiger partial charge is 0.416 e. The van der Waals surface area contributed by atoms with Gasteiger partial charge in [0.25, 0.3) is 5.91 Å². The van der Waals surface area contributed by atoms with Gasteiger partial charge in [-0.3, -0.25) is 4.79 Å². The Morgan fingerprint density at radius 2 is 1.55 bits per heavy atom. The van der Waals surface area contributed by atoms with E-state index in [4.69, 9.17) is 0 Å². The third kappa shape index (κ3) is 5.06. The Kier molecular flexibility index (Phi) is 6.92. The van der Waals surface area contributed by atoms with Crippen molar-refractivity contribution in [1.82, 2.24) is 4.90 Å². The first kappa shape index (κ1) is 26.7. The predicted octanol–water partition coefficient (Wildman–Crippen LogP) is 6.47. The van der Waals surface area contributed by atoms with Gasteiger partial charge >= 0.3 is 18.2 Å². The van der Waals surface area contributed by atoms with Gasteiger partial charge in [-0.25, -0.2) is 9.59 Å². The number of amides is 3. The van der Waals surface area contributed by atoms with Crippen molar-refractivity contribution in [2.75, 3.05) is 10.6 Å². The van der Waals surface area contributed by atoms with Crippen molar-refractivity contribution < 1.29 is 32.7 Å². The van der Waals surface area contributed by atoms with E-state index in [0.29, 0.717) is 11.3 Å². The van der Waals surface area contributed by atoms with Crippen molar-refractivity contribution in [2.24, 2.45) is 5.92 Å². The number of carboxylic acid groups (broad SMARTS) is 1. The molecule has 0 radical (unpaired) electrons. The number of urea groups is 1. The fourth-order valence-electron chi connectivity index (χ4n) is 4.34. The number of rotatable bonds is 6. The molecule has 3 aromatic rings. The summed E-state index contributed by atoms with van der Waals surface area (Å²) in [6.07, 6.45) is -4.52. The number of hydrogen-bond acceptors (Lipinski definition) is 3. The fourth-order valence-corrected chi connectivity index (χ4v) is 4.34. The summed E-state index contributed by atoms with van der Waals surface area (Å²) in [6.45, 7) is 5.30. The van der Waals surface area contributed by atoms with Gasteiger partial charge < -0.3 is 20.6 Å². The maximum absolute atomic E-state index is 13.2. The van der Waals surface area contributed by atoms with E-state index in [1.165, 1.54) is 17.0 Å². The van der Waals surface area contributed by atoms with Gasteiger partial charge in [0.2, 0.25) is 0 Å². The second-order valence-electron chi connectivity index (χ2n) is 9.61. The third-order valence-electron chi connectivity index (χ3n) is 6.96. The van der Waals surface area contributed by atoms with E-state index in [9.17, 15) is 32.7 Å². The summed E-state index contributed by atoms with van der Waals surface area (Å²) in [4.78, 5) is 38.9. The van der Waals surface area contributed by atoms with Gasteiger partial charge in [0.05, 0.1) is 5.56 Å². The first-order valence-electron chi connectivity index (χ1n) is 11.8. The van der Waals surface area contributed by atoms with Gasteiger partial charge in [0, 0.05) is 23.5 Å². The molecule has 0 unspecified atom stereocenters. The lowest BCUT2D eigenvalue weighted by Crippen LogP contribution is -2.56. The molecule has 3 amide bonds. The molecule has 0 aromatic heterocycles. The predicted molar refractivity (Wildman–Crippen MR) is 137 cm³/mol. The number of hydrogen-bond donors (Lipinski definition) is 3. The number of fused-ring (bicyclic) bond motifs is 1. The van der Waals surface area contributed by atoms with Crippen molar-refractivity contribution in [3.63, 3.8) is 0 Å². The fraction of sp³-hybridized carbons (Fsp3) is 0.250. The van der Waals surface area contributed by atoms with Crippen LogP contribution in [-0.2, 0) is 17.5 Å². The highest BCUT2D eigenvalue weighted by atomic mass is 19.4. The Morgan fingerprint density at radius 1 is 0.921 bits per heavy atom. The summed E-state index contributed by atoms with van der Waals surface area (Å²) in [7, 11) is 0. The number of benzene rings is 3. The molecule has 38 heavy (non-hydrogen) atoms.